The van der Waals surface area contributed by atoms with Crippen molar-refractivity contribution in [3.05, 3.63) is 29.8 Å². The molecular formula is C21H31N5S. The fraction of sp³-hybridized carbons (Fsp3) is 0.619. The molecule has 4 aliphatic rings. The molecule has 2 atom stereocenters. The lowest BCUT2D eigenvalue weighted by Crippen LogP contribution is -2.61. The van der Waals surface area contributed by atoms with E-state index in [2.05, 4.69) is 46.5 Å². The van der Waals surface area contributed by atoms with E-state index in [1.165, 1.54) is 43.6 Å². The molecule has 0 spiro atoms. The van der Waals surface area contributed by atoms with Gasteiger partial charge in [-0.15, -0.1) is 0 Å². The van der Waals surface area contributed by atoms with E-state index in [1.807, 2.05) is 12.1 Å². The Morgan fingerprint density at radius 2 is 2.00 bits per heavy atom. The maximum atomic E-state index is 5.51. The normalized spacial score (nSPS) is 33.1. The fourth-order valence-corrected chi connectivity index (χ4v) is 5.28. The van der Waals surface area contributed by atoms with Gasteiger partial charge < -0.3 is 15.1 Å². The van der Waals surface area contributed by atoms with Crippen LogP contribution in [0.2, 0.25) is 0 Å². The topological polar surface area (TPSA) is 42.9 Å². The summed E-state index contributed by atoms with van der Waals surface area (Å²) in [5.74, 6) is 0.529. The molecule has 2 unspecified atom stereocenters. The number of hydrogen-bond donors (Lipinski definition) is 2. The Morgan fingerprint density at radius 3 is 2.67 bits per heavy atom. The second kappa shape index (κ2) is 7.86. The van der Waals surface area contributed by atoms with Crippen molar-refractivity contribution in [3.8, 4) is 0 Å². The molecule has 27 heavy (non-hydrogen) atoms. The van der Waals surface area contributed by atoms with Crippen molar-refractivity contribution in [1.29, 1.82) is 0 Å². The number of thiocarbonyl (C=S) groups is 1. The van der Waals surface area contributed by atoms with E-state index in [4.69, 9.17) is 17.3 Å². The molecule has 0 amide bonds. The molecule has 4 fully saturated rings. The summed E-state index contributed by atoms with van der Waals surface area (Å²) in [5.41, 5.74) is 6.95. The molecule has 4 bridgehead atoms. The first-order valence-corrected chi connectivity index (χ1v) is 10.7. The van der Waals surface area contributed by atoms with Crippen LogP contribution in [0.5, 0.6) is 0 Å². The highest BCUT2D eigenvalue weighted by molar-refractivity contribution is 7.80. The Labute approximate surface area is 168 Å². The Kier molecular flexibility index (Phi) is 5.48. The minimum absolute atomic E-state index is 0.194. The molecule has 6 heteroatoms. The summed E-state index contributed by atoms with van der Waals surface area (Å²) in [5, 5.41) is 8.76. The van der Waals surface area contributed by atoms with Crippen LogP contribution in [0, 0.1) is 18.3 Å². The molecule has 146 valence electrons. The number of nitrogens with one attached hydrogen (secondary N) is 2. The molecule has 1 aromatic rings. The van der Waals surface area contributed by atoms with E-state index < -0.39 is 0 Å². The molecule has 5 rings (SSSR count). The van der Waals surface area contributed by atoms with Gasteiger partial charge in [0.1, 0.15) is 0 Å². The molecule has 0 saturated carbocycles. The lowest BCUT2D eigenvalue weighted by molar-refractivity contribution is 0.108. The predicted octanol–water partition coefficient (Wildman–Crippen LogP) is 3.08. The van der Waals surface area contributed by atoms with Crippen LogP contribution >= 0.6 is 12.2 Å². The number of hydrogen-bond acceptors (Lipinski definition) is 4. The molecule has 4 aliphatic heterocycles. The van der Waals surface area contributed by atoms with Crippen LogP contribution in [0.25, 0.3) is 0 Å². The maximum absolute atomic E-state index is 5.51. The number of aryl methyl sites for hydroxylation is 1. The van der Waals surface area contributed by atoms with E-state index in [9.17, 15) is 0 Å². The number of nitrogens with zero attached hydrogens (tertiary/aromatic N) is 3. The first-order chi connectivity index (χ1) is 13.1. The Bertz CT molecular complexity index is 715. The Balaban J connectivity index is 1.51. The number of anilines is 1. The molecular weight excluding hydrogens is 354 g/mol. The second-order valence-corrected chi connectivity index (χ2v) is 8.89. The average Bonchev–Trinajstić information content (AvgIpc) is 2.87. The highest BCUT2D eigenvalue weighted by Gasteiger charge is 2.51. The molecule has 1 aromatic carbocycles. The first kappa shape index (κ1) is 18.8. The Morgan fingerprint density at radius 1 is 1.26 bits per heavy atom. The van der Waals surface area contributed by atoms with Gasteiger partial charge in [-0.05, 0) is 43.3 Å². The van der Waals surface area contributed by atoms with Crippen molar-refractivity contribution >= 4 is 28.7 Å². The fourth-order valence-electron chi connectivity index (χ4n) is 5.11. The molecule has 4 heterocycles. The molecule has 0 aromatic heterocycles. The molecule has 0 aliphatic carbocycles. The summed E-state index contributed by atoms with van der Waals surface area (Å²) in [4.78, 5) is 5.32. The molecule has 5 nitrogen and oxygen atoms in total. The number of hydrazone groups is 1. The SMILES string of the molecule is CCCCC12CN3CCN(CC(C3)C1=NNC(=S)Nc1cccc(C)c1)C2. The summed E-state index contributed by atoms with van der Waals surface area (Å²) >= 11 is 5.51. The predicted molar refractivity (Wildman–Crippen MR) is 116 cm³/mol. The maximum Gasteiger partial charge on any atom is 0.191 e. The zero-order chi connectivity index (χ0) is 18.9. The van der Waals surface area contributed by atoms with Crippen LogP contribution in [0.1, 0.15) is 31.7 Å². The highest BCUT2D eigenvalue weighted by atomic mass is 32.1. The van der Waals surface area contributed by atoms with Gasteiger partial charge in [-0.3, -0.25) is 5.43 Å². The van der Waals surface area contributed by atoms with Gasteiger partial charge in [0.05, 0.1) is 5.71 Å². The van der Waals surface area contributed by atoms with E-state index >= 15 is 0 Å². The third-order valence-corrected chi connectivity index (χ3v) is 6.43. The van der Waals surface area contributed by atoms with Gasteiger partial charge in [0, 0.05) is 56.3 Å². The van der Waals surface area contributed by atoms with E-state index in [-0.39, 0.29) is 5.41 Å². The van der Waals surface area contributed by atoms with Crippen molar-refractivity contribution in [2.45, 2.75) is 33.1 Å². The summed E-state index contributed by atoms with van der Waals surface area (Å²) in [6.45, 7) is 11.4. The van der Waals surface area contributed by atoms with Crippen molar-refractivity contribution in [1.82, 2.24) is 15.2 Å². The van der Waals surface area contributed by atoms with Crippen molar-refractivity contribution < 1.29 is 0 Å². The van der Waals surface area contributed by atoms with Gasteiger partial charge in [-0.2, -0.15) is 5.10 Å². The van der Waals surface area contributed by atoms with E-state index in [0.29, 0.717) is 11.0 Å². The summed E-state index contributed by atoms with van der Waals surface area (Å²) in [6.07, 6.45) is 3.73. The molecule has 0 radical (unpaired) electrons. The van der Waals surface area contributed by atoms with Crippen LogP contribution < -0.4 is 10.7 Å². The average molecular weight is 386 g/mol. The lowest BCUT2D eigenvalue weighted by atomic mass is 9.68. The summed E-state index contributed by atoms with van der Waals surface area (Å²) in [6, 6.07) is 8.25. The van der Waals surface area contributed by atoms with Gasteiger partial charge in [0.25, 0.3) is 0 Å². The van der Waals surface area contributed by atoms with Crippen LogP contribution in [-0.4, -0.2) is 59.9 Å². The molecule has 4 saturated heterocycles. The van der Waals surface area contributed by atoms with Gasteiger partial charge in [0.2, 0.25) is 0 Å². The minimum atomic E-state index is 0.194. The smallest absolute Gasteiger partial charge is 0.191 e. The van der Waals surface area contributed by atoms with Crippen LogP contribution in [0.4, 0.5) is 5.69 Å². The van der Waals surface area contributed by atoms with Crippen molar-refractivity contribution in [3.63, 3.8) is 0 Å². The van der Waals surface area contributed by atoms with Gasteiger partial charge in [-0.1, -0.05) is 31.9 Å². The van der Waals surface area contributed by atoms with Crippen molar-refractivity contribution in [2.75, 3.05) is 44.6 Å². The van der Waals surface area contributed by atoms with Gasteiger partial charge in [0.15, 0.2) is 5.11 Å². The van der Waals surface area contributed by atoms with Crippen LogP contribution in [0.15, 0.2) is 29.4 Å². The number of fused-ring (bicyclic) bond motifs is 1. The quantitative estimate of drug-likeness (QED) is 0.602. The largest absolute Gasteiger partial charge is 0.331 e. The van der Waals surface area contributed by atoms with Crippen LogP contribution in [0.3, 0.4) is 0 Å². The minimum Gasteiger partial charge on any atom is -0.331 e. The van der Waals surface area contributed by atoms with E-state index in [0.717, 1.165) is 31.9 Å². The van der Waals surface area contributed by atoms with Gasteiger partial charge in [-0.25, -0.2) is 0 Å². The first-order valence-electron chi connectivity index (χ1n) is 10.2. The third-order valence-electron chi connectivity index (χ3n) is 6.23. The zero-order valence-corrected chi connectivity index (χ0v) is 17.3. The monoisotopic (exact) mass is 385 g/mol. The number of piperidine rings is 2. The second-order valence-electron chi connectivity index (χ2n) is 8.48. The number of unbranched alkanes of at least 4 members (excludes halogenated alkanes) is 1. The van der Waals surface area contributed by atoms with Crippen LogP contribution in [-0.2, 0) is 0 Å². The van der Waals surface area contributed by atoms with E-state index in [1.54, 1.807) is 0 Å². The number of benzene rings is 1. The zero-order valence-electron chi connectivity index (χ0n) is 16.5. The van der Waals surface area contributed by atoms with Gasteiger partial charge >= 0.3 is 0 Å². The third kappa shape index (κ3) is 4.03. The summed E-state index contributed by atoms with van der Waals surface area (Å²) in [7, 11) is 0. The Hall–Kier alpha value is -1.50. The number of rotatable bonds is 5. The highest BCUT2D eigenvalue weighted by Crippen LogP contribution is 2.41. The van der Waals surface area contributed by atoms with Crippen molar-refractivity contribution in [2.24, 2.45) is 16.4 Å². The standard InChI is InChI=1S/C21H31N5S/c1-3-4-8-21-14-25-9-10-26(15-21)13-17(12-25)19(21)23-24-20(27)22-18-7-5-6-16(2)11-18/h5-7,11,17H,3-4,8-10,12-15H2,1-2H3,(H2,22,24,27). The summed E-state index contributed by atoms with van der Waals surface area (Å²) < 4.78 is 0. The lowest BCUT2D eigenvalue weighted by Gasteiger charge is -2.50. The molecule has 2 N–H and O–H groups in total.